The van der Waals surface area contributed by atoms with E-state index in [1.165, 1.54) is 0 Å². The normalized spacial score (nSPS) is 21.8. The molecule has 0 unspecified atom stereocenters. The Balaban J connectivity index is 1.55. The van der Waals surface area contributed by atoms with Gasteiger partial charge in [0, 0.05) is 7.05 Å². The predicted octanol–water partition coefficient (Wildman–Crippen LogP) is 2.01. The zero-order chi connectivity index (χ0) is 18.3. The second-order valence-corrected chi connectivity index (χ2v) is 7.19. The Morgan fingerprint density at radius 1 is 1.15 bits per heavy atom. The van der Waals surface area contributed by atoms with Crippen LogP contribution in [0.25, 0.3) is 0 Å². The molecule has 138 valence electrons. The second-order valence-electron chi connectivity index (χ2n) is 7.19. The van der Waals surface area contributed by atoms with Gasteiger partial charge in [0.15, 0.2) is 0 Å². The molecule has 4 amide bonds. The fourth-order valence-corrected chi connectivity index (χ4v) is 4.32. The first-order valence-electron chi connectivity index (χ1n) is 9.16. The third-order valence-electron chi connectivity index (χ3n) is 5.81. The number of likely N-dealkylation sites (N-methyl/N-ethyl adjacent to an activating group) is 1. The van der Waals surface area contributed by atoms with Gasteiger partial charge in [-0.05, 0) is 25.0 Å². The van der Waals surface area contributed by atoms with Gasteiger partial charge in [-0.25, -0.2) is 4.79 Å². The summed E-state index contributed by atoms with van der Waals surface area (Å²) in [6.45, 7) is 0.583. The molecule has 4 rings (SSSR count). The van der Waals surface area contributed by atoms with Crippen LogP contribution in [0.4, 0.5) is 10.5 Å². The summed E-state index contributed by atoms with van der Waals surface area (Å²) in [6, 6.07) is 6.94. The van der Waals surface area contributed by atoms with E-state index in [9.17, 15) is 14.4 Å². The summed E-state index contributed by atoms with van der Waals surface area (Å²) in [5, 5.41) is 0. The molecule has 0 aromatic heterocycles. The van der Waals surface area contributed by atoms with E-state index in [-0.39, 0.29) is 24.4 Å². The van der Waals surface area contributed by atoms with E-state index < -0.39 is 5.54 Å². The Bertz CT molecular complexity index is 757. The first-order chi connectivity index (χ1) is 12.5. The monoisotopic (exact) mass is 357 g/mol. The van der Waals surface area contributed by atoms with Crippen molar-refractivity contribution >= 4 is 23.5 Å². The molecule has 0 radical (unpaired) electrons. The molecule has 2 fully saturated rings. The molecule has 1 aliphatic carbocycles. The van der Waals surface area contributed by atoms with Crippen LogP contribution >= 0.6 is 0 Å². The SMILES string of the molecule is CN1C(=O)N(CC(=O)N2CCOc3ccccc32)C(=O)C12CCCCC2. The number of hydrogen-bond donors (Lipinski definition) is 0. The molecule has 1 saturated carbocycles. The number of imide groups is 1. The van der Waals surface area contributed by atoms with Gasteiger partial charge in [-0.2, -0.15) is 0 Å². The number of para-hydroxylation sites is 2. The Hall–Kier alpha value is -2.57. The summed E-state index contributed by atoms with van der Waals surface area (Å²) in [6.07, 6.45) is 4.31. The number of urea groups is 1. The van der Waals surface area contributed by atoms with E-state index in [4.69, 9.17) is 4.74 Å². The minimum absolute atomic E-state index is 0.223. The first kappa shape index (κ1) is 16.9. The minimum Gasteiger partial charge on any atom is -0.490 e. The highest BCUT2D eigenvalue weighted by atomic mass is 16.5. The molecular formula is C19H23N3O4. The Morgan fingerprint density at radius 3 is 2.65 bits per heavy atom. The largest absolute Gasteiger partial charge is 0.490 e. The lowest BCUT2D eigenvalue weighted by Gasteiger charge is -2.35. The van der Waals surface area contributed by atoms with Gasteiger partial charge in [0.1, 0.15) is 24.4 Å². The fraction of sp³-hybridized carbons (Fsp3) is 0.526. The average molecular weight is 357 g/mol. The third-order valence-corrected chi connectivity index (χ3v) is 5.81. The van der Waals surface area contributed by atoms with Crippen molar-refractivity contribution in [1.82, 2.24) is 9.80 Å². The molecule has 0 bridgehead atoms. The standard InChI is InChI=1S/C19H23N3O4/c1-20-18(25)22(17(24)19(20)9-5-2-6-10-19)13-16(23)21-11-12-26-15-8-4-3-7-14(15)21/h3-4,7-8H,2,5-6,9-13H2,1H3. The van der Waals surface area contributed by atoms with E-state index in [0.717, 1.165) is 24.2 Å². The Kier molecular flexibility index (Phi) is 4.09. The van der Waals surface area contributed by atoms with Crippen LogP contribution in [0.5, 0.6) is 5.75 Å². The topological polar surface area (TPSA) is 70.2 Å². The highest BCUT2D eigenvalue weighted by molar-refractivity contribution is 6.10. The second kappa shape index (κ2) is 6.30. The molecule has 0 atom stereocenters. The molecule has 3 aliphatic rings. The molecule has 26 heavy (non-hydrogen) atoms. The smallest absolute Gasteiger partial charge is 0.327 e. The molecule has 0 N–H and O–H groups in total. The molecule has 1 aromatic rings. The zero-order valence-corrected chi connectivity index (χ0v) is 14.9. The molecule has 1 aromatic carbocycles. The number of benzene rings is 1. The number of anilines is 1. The summed E-state index contributed by atoms with van der Waals surface area (Å²) in [4.78, 5) is 42.9. The van der Waals surface area contributed by atoms with Crippen molar-refractivity contribution in [1.29, 1.82) is 0 Å². The van der Waals surface area contributed by atoms with Gasteiger partial charge >= 0.3 is 6.03 Å². The van der Waals surface area contributed by atoms with Crippen molar-refractivity contribution in [3.63, 3.8) is 0 Å². The predicted molar refractivity (Wildman–Crippen MR) is 95.0 cm³/mol. The van der Waals surface area contributed by atoms with Gasteiger partial charge < -0.3 is 14.5 Å². The van der Waals surface area contributed by atoms with Crippen molar-refractivity contribution in [2.45, 2.75) is 37.6 Å². The summed E-state index contributed by atoms with van der Waals surface area (Å²) < 4.78 is 5.57. The van der Waals surface area contributed by atoms with Crippen molar-refractivity contribution in [3.05, 3.63) is 24.3 Å². The van der Waals surface area contributed by atoms with Gasteiger partial charge in [-0.3, -0.25) is 14.5 Å². The number of amides is 4. The maximum Gasteiger partial charge on any atom is 0.327 e. The first-order valence-corrected chi connectivity index (χ1v) is 9.16. The highest BCUT2D eigenvalue weighted by Crippen LogP contribution is 2.39. The molecule has 1 saturated heterocycles. The number of carbonyl (C=O) groups excluding carboxylic acids is 3. The van der Waals surface area contributed by atoms with Crippen LogP contribution in [0.2, 0.25) is 0 Å². The van der Waals surface area contributed by atoms with E-state index in [0.29, 0.717) is 37.4 Å². The van der Waals surface area contributed by atoms with Crippen molar-refractivity contribution in [2.75, 3.05) is 31.6 Å². The van der Waals surface area contributed by atoms with Crippen LogP contribution in [-0.2, 0) is 9.59 Å². The van der Waals surface area contributed by atoms with Crippen LogP contribution in [0.15, 0.2) is 24.3 Å². The van der Waals surface area contributed by atoms with Crippen LogP contribution in [0.3, 0.4) is 0 Å². The zero-order valence-electron chi connectivity index (χ0n) is 14.9. The lowest BCUT2D eigenvalue weighted by Crippen LogP contribution is -2.50. The molecule has 2 heterocycles. The summed E-state index contributed by atoms with van der Waals surface area (Å²) in [7, 11) is 1.68. The van der Waals surface area contributed by atoms with Gasteiger partial charge in [-0.1, -0.05) is 31.4 Å². The average Bonchev–Trinajstić information content (AvgIpc) is 2.84. The molecule has 1 spiro atoms. The highest BCUT2D eigenvalue weighted by Gasteiger charge is 2.56. The van der Waals surface area contributed by atoms with Crippen LogP contribution in [0.1, 0.15) is 32.1 Å². The van der Waals surface area contributed by atoms with E-state index >= 15 is 0 Å². The Morgan fingerprint density at radius 2 is 1.88 bits per heavy atom. The number of hydrogen-bond acceptors (Lipinski definition) is 4. The van der Waals surface area contributed by atoms with Gasteiger partial charge in [0.2, 0.25) is 5.91 Å². The number of nitrogens with zero attached hydrogens (tertiary/aromatic N) is 3. The quantitative estimate of drug-likeness (QED) is 0.759. The number of carbonyl (C=O) groups is 3. The number of ether oxygens (including phenoxy) is 1. The number of fused-ring (bicyclic) bond motifs is 1. The maximum absolute atomic E-state index is 13.0. The molecule has 7 heteroatoms. The lowest BCUT2D eigenvalue weighted by atomic mass is 9.81. The van der Waals surface area contributed by atoms with Crippen molar-refractivity contribution in [3.8, 4) is 5.75 Å². The lowest BCUT2D eigenvalue weighted by molar-refractivity contribution is -0.136. The van der Waals surface area contributed by atoms with Crippen LogP contribution in [-0.4, -0.2) is 59.9 Å². The van der Waals surface area contributed by atoms with E-state index in [1.807, 2.05) is 24.3 Å². The number of rotatable bonds is 2. The Labute approximate surface area is 152 Å². The molecule has 7 nitrogen and oxygen atoms in total. The van der Waals surface area contributed by atoms with Gasteiger partial charge in [0.05, 0.1) is 12.2 Å². The van der Waals surface area contributed by atoms with Crippen molar-refractivity contribution in [2.24, 2.45) is 0 Å². The minimum atomic E-state index is -0.751. The maximum atomic E-state index is 13.0. The summed E-state index contributed by atoms with van der Waals surface area (Å²) >= 11 is 0. The fourth-order valence-electron chi connectivity index (χ4n) is 4.32. The van der Waals surface area contributed by atoms with E-state index in [1.54, 1.807) is 16.8 Å². The van der Waals surface area contributed by atoms with Gasteiger partial charge in [0.25, 0.3) is 5.91 Å². The third kappa shape index (κ3) is 2.45. The summed E-state index contributed by atoms with van der Waals surface area (Å²) in [5.74, 6) is 0.162. The van der Waals surface area contributed by atoms with Crippen LogP contribution < -0.4 is 9.64 Å². The van der Waals surface area contributed by atoms with E-state index in [2.05, 4.69) is 0 Å². The van der Waals surface area contributed by atoms with Gasteiger partial charge in [-0.15, -0.1) is 0 Å². The molecular weight excluding hydrogens is 334 g/mol. The summed E-state index contributed by atoms with van der Waals surface area (Å²) in [5.41, 5.74) is -0.0676. The molecule has 2 aliphatic heterocycles. The van der Waals surface area contributed by atoms with Crippen molar-refractivity contribution < 1.29 is 19.1 Å². The van der Waals surface area contributed by atoms with Crippen LogP contribution in [0, 0.1) is 0 Å².